The van der Waals surface area contributed by atoms with E-state index in [4.69, 9.17) is 0 Å². The summed E-state index contributed by atoms with van der Waals surface area (Å²) in [5, 5.41) is 0. The van der Waals surface area contributed by atoms with Gasteiger partial charge in [0, 0.05) is 0 Å². The fourth-order valence-corrected chi connectivity index (χ4v) is 4.73. The number of thioether (sulfide) groups is 1. The minimum Gasteiger partial charge on any atom is -0.298 e. The molecule has 1 spiro atoms. The Bertz CT molecular complexity index is 315. The van der Waals surface area contributed by atoms with E-state index >= 15 is 0 Å². The van der Waals surface area contributed by atoms with Crippen molar-refractivity contribution in [2.75, 3.05) is 0 Å². The number of hydrogen-bond donors (Lipinski definition) is 2. The van der Waals surface area contributed by atoms with Gasteiger partial charge in [-0.1, -0.05) is 27.7 Å². The van der Waals surface area contributed by atoms with E-state index in [1.165, 1.54) is 0 Å². The molecular formula is C11H20N2OS. The molecule has 0 aromatic rings. The molecule has 3 nitrogen and oxygen atoms in total. The molecular weight excluding hydrogens is 208 g/mol. The van der Waals surface area contributed by atoms with Crippen LogP contribution in [0.4, 0.5) is 0 Å². The number of rotatable bonds is 0. The average molecular weight is 228 g/mol. The highest BCUT2D eigenvalue weighted by Crippen LogP contribution is 2.67. The van der Waals surface area contributed by atoms with Crippen molar-refractivity contribution in [1.82, 2.24) is 10.9 Å². The molecule has 0 radical (unpaired) electrons. The molecule has 0 atom stereocenters. The van der Waals surface area contributed by atoms with Crippen LogP contribution in [0.3, 0.4) is 0 Å². The Morgan fingerprint density at radius 1 is 0.933 bits per heavy atom. The zero-order chi connectivity index (χ0) is 11.7. The summed E-state index contributed by atoms with van der Waals surface area (Å²) in [7, 11) is 0. The quantitative estimate of drug-likeness (QED) is 0.664. The molecule has 86 valence electrons. The second-order valence-corrected chi connectivity index (χ2v) is 7.96. The SMILES string of the molecule is CC1(C)NNC2(S1)C(C)(C)C(=O)C2(C)C. The highest BCUT2D eigenvalue weighted by molar-refractivity contribution is 8.02. The number of hydrazine groups is 1. The highest BCUT2D eigenvalue weighted by atomic mass is 32.2. The van der Waals surface area contributed by atoms with Crippen molar-refractivity contribution in [3.63, 3.8) is 0 Å². The molecule has 0 amide bonds. The molecule has 2 fully saturated rings. The van der Waals surface area contributed by atoms with E-state index in [1.54, 1.807) is 0 Å². The van der Waals surface area contributed by atoms with Crippen LogP contribution < -0.4 is 10.9 Å². The summed E-state index contributed by atoms with van der Waals surface area (Å²) in [6.07, 6.45) is 0. The van der Waals surface area contributed by atoms with Crippen LogP contribution in [0.1, 0.15) is 41.5 Å². The first-order valence-corrected chi connectivity index (χ1v) is 6.18. The van der Waals surface area contributed by atoms with E-state index in [-0.39, 0.29) is 20.6 Å². The smallest absolute Gasteiger partial charge is 0.149 e. The van der Waals surface area contributed by atoms with Gasteiger partial charge in [0.2, 0.25) is 0 Å². The zero-order valence-corrected chi connectivity index (χ0v) is 11.1. The van der Waals surface area contributed by atoms with Gasteiger partial charge in [-0.2, -0.15) is 0 Å². The molecule has 15 heavy (non-hydrogen) atoms. The maximum absolute atomic E-state index is 12.1. The highest BCUT2D eigenvalue weighted by Gasteiger charge is 2.75. The molecule has 0 unspecified atom stereocenters. The Hall–Kier alpha value is -0.0600. The fraction of sp³-hybridized carbons (Fsp3) is 0.909. The summed E-state index contributed by atoms with van der Waals surface area (Å²) in [6, 6.07) is 0. The van der Waals surface area contributed by atoms with Gasteiger partial charge in [0.05, 0.1) is 15.7 Å². The lowest BCUT2D eigenvalue weighted by atomic mass is 9.50. The lowest BCUT2D eigenvalue weighted by molar-refractivity contribution is -0.163. The molecule has 0 aromatic heterocycles. The summed E-state index contributed by atoms with van der Waals surface area (Å²) < 4.78 is 0. The Kier molecular flexibility index (Phi) is 1.98. The molecule has 2 aliphatic rings. The Balaban J connectivity index is 2.41. The molecule has 0 bridgehead atoms. The normalized spacial score (nSPS) is 34.1. The lowest BCUT2D eigenvalue weighted by Gasteiger charge is -2.62. The predicted molar refractivity (Wildman–Crippen MR) is 63.2 cm³/mol. The van der Waals surface area contributed by atoms with Crippen LogP contribution in [0.15, 0.2) is 0 Å². The minimum absolute atomic E-state index is 0.0186. The fourth-order valence-electron chi connectivity index (χ4n) is 3.06. The third kappa shape index (κ3) is 1.08. The molecule has 1 aliphatic carbocycles. The van der Waals surface area contributed by atoms with Crippen molar-refractivity contribution in [3.8, 4) is 0 Å². The van der Waals surface area contributed by atoms with Gasteiger partial charge >= 0.3 is 0 Å². The second-order valence-electron chi connectivity index (χ2n) is 6.12. The Morgan fingerprint density at radius 3 is 1.73 bits per heavy atom. The van der Waals surface area contributed by atoms with Crippen LogP contribution in [0.5, 0.6) is 0 Å². The minimum atomic E-state index is -0.304. The van der Waals surface area contributed by atoms with Crippen molar-refractivity contribution in [3.05, 3.63) is 0 Å². The van der Waals surface area contributed by atoms with Crippen LogP contribution in [-0.4, -0.2) is 15.5 Å². The number of carbonyl (C=O) groups excluding carboxylic acids is 1. The van der Waals surface area contributed by atoms with E-state index in [2.05, 4.69) is 24.7 Å². The Morgan fingerprint density at radius 2 is 1.40 bits per heavy atom. The van der Waals surface area contributed by atoms with Crippen LogP contribution in [-0.2, 0) is 4.79 Å². The van der Waals surface area contributed by atoms with Gasteiger partial charge in [-0.15, -0.1) is 11.8 Å². The van der Waals surface area contributed by atoms with Crippen molar-refractivity contribution in [2.24, 2.45) is 10.8 Å². The number of carbonyl (C=O) groups is 1. The van der Waals surface area contributed by atoms with Crippen molar-refractivity contribution < 1.29 is 4.79 Å². The van der Waals surface area contributed by atoms with E-state index in [0.717, 1.165) is 0 Å². The molecule has 1 aliphatic heterocycles. The second kappa shape index (κ2) is 2.60. The van der Waals surface area contributed by atoms with Gasteiger partial charge < -0.3 is 0 Å². The van der Waals surface area contributed by atoms with Crippen LogP contribution in [0, 0.1) is 10.8 Å². The van der Waals surface area contributed by atoms with Crippen LogP contribution in [0.25, 0.3) is 0 Å². The van der Waals surface area contributed by atoms with Crippen molar-refractivity contribution in [1.29, 1.82) is 0 Å². The molecule has 1 saturated carbocycles. The Labute approximate surface area is 95.7 Å². The van der Waals surface area contributed by atoms with Gasteiger partial charge in [0.1, 0.15) is 10.7 Å². The van der Waals surface area contributed by atoms with Crippen LogP contribution in [0.2, 0.25) is 0 Å². The maximum Gasteiger partial charge on any atom is 0.149 e. The number of nitrogens with one attached hydrogen (secondary N) is 2. The van der Waals surface area contributed by atoms with E-state index < -0.39 is 0 Å². The zero-order valence-electron chi connectivity index (χ0n) is 10.3. The third-order valence-electron chi connectivity index (χ3n) is 3.84. The van der Waals surface area contributed by atoms with Gasteiger partial charge in [-0.05, 0) is 13.8 Å². The average Bonchev–Trinajstić information content (AvgIpc) is 2.42. The summed E-state index contributed by atoms with van der Waals surface area (Å²) in [5.74, 6) is 0.342. The monoisotopic (exact) mass is 228 g/mol. The van der Waals surface area contributed by atoms with Gasteiger partial charge in [0.25, 0.3) is 0 Å². The van der Waals surface area contributed by atoms with Crippen molar-refractivity contribution >= 4 is 17.5 Å². The number of ketones is 1. The number of Topliss-reactive ketones (excluding diaryl/α,β-unsaturated/α-hetero) is 1. The summed E-state index contributed by atoms with van der Waals surface area (Å²) in [5.41, 5.74) is 6.04. The lowest BCUT2D eigenvalue weighted by Crippen LogP contribution is -2.77. The summed E-state index contributed by atoms with van der Waals surface area (Å²) >= 11 is 1.83. The maximum atomic E-state index is 12.1. The van der Waals surface area contributed by atoms with Gasteiger partial charge in [-0.3, -0.25) is 4.79 Å². The van der Waals surface area contributed by atoms with Crippen molar-refractivity contribution in [2.45, 2.75) is 51.3 Å². The van der Waals surface area contributed by atoms with E-state index in [1.807, 2.05) is 39.5 Å². The van der Waals surface area contributed by atoms with E-state index in [0.29, 0.717) is 5.78 Å². The van der Waals surface area contributed by atoms with Crippen LogP contribution >= 0.6 is 11.8 Å². The largest absolute Gasteiger partial charge is 0.298 e. The summed E-state index contributed by atoms with van der Waals surface area (Å²) in [4.78, 5) is 11.9. The predicted octanol–water partition coefficient (Wildman–Crippen LogP) is 1.89. The summed E-state index contributed by atoms with van der Waals surface area (Å²) in [6.45, 7) is 12.4. The molecule has 2 N–H and O–H groups in total. The third-order valence-corrected chi connectivity index (χ3v) is 5.88. The standard InChI is InChI=1S/C11H20N2OS/c1-8(2)7(14)9(3,4)11(8)13-12-10(5,6)15-11/h12-13H,1-6H3. The first-order valence-electron chi connectivity index (χ1n) is 5.36. The first-order chi connectivity index (χ1) is 6.57. The van der Waals surface area contributed by atoms with E-state index in [9.17, 15) is 4.79 Å². The molecule has 1 saturated heterocycles. The topological polar surface area (TPSA) is 41.1 Å². The van der Waals surface area contributed by atoms with Gasteiger partial charge in [0.15, 0.2) is 0 Å². The molecule has 4 heteroatoms. The van der Waals surface area contributed by atoms with Gasteiger partial charge in [-0.25, -0.2) is 10.9 Å². The molecule has 1 heterocycles. The molecule has 0 aromatic carbocycles. The molecule has 2 rings (SSSR count). The first kappa shape index (κ1) is 11.4. The number of hydrogen-bond acceptors (Lipinski definition) is 4.